The smallest absolute Gasteiger partial charge is 0.248 e. The summed E-state index contributed by atoms with van der Waals surface area (Å²) >= 11 is 0. The number of hydrogen-bond acceptors (Lipinski definition) is 4. The quantitative estimate of drug-likeness (QED) is 0.736. The number of rotatable bonds is 3. The zero-order chi connectivity index (χ0) is 13.7. The van der Waals surface area contributed by atoms with E-state index in [1.165, 1.54) is 7.11 Å². The molecule has 2 aliphatic rings. The van der Waals surface area contributed by atoms with E-state index >= 15 is 0 Å². The third kappa shape index (κ3) is 3.67. The third-order valence-corrected chi connectivity index (χ3v) is 3.89. The second-order valence-corrected chi connectivity index (χ2v) is 5.16. The van der Waals surface area contributed by atoms with Crippen LogP contribution in [0.15, 0.2) is 0 Å². The van der Waals surface area contributed by atoms with E-state index in [1.54, 1.807) is 4.90 Å². The summed E-state index contributed by atoms with van der Waals surface area (Å²) in [5, 5.41) is 3.25. The standard InChI is InChI=1S/C13H23N3O3/c1-19-10-12(17)15-6-2-11(3-7-15)13(18)16-8-4-14-5-9-16/h11,14H,2-10H2,1H3. The van der Waals surface area contributed by atoms with Crippen molar-refractivity contribution < 1.29 is 14.3 Å². The molecule has 0 aromatic rings. The van der Waals surface area contributed by atoms with Crippen molar-refractivity contribution in [2.75, 3.05) is 53.0 Å². The minimum Gasteiger partial charge on any atom is -0.375 e. The number of hydrogen-bond donors (Lipinski definition) is 1. The molecule has 6 nitrogen and oxygen atoms in total. The molecule has 2 heterocycles. The van der Waals surface area contributed by atoms with Crippen LogP contribution in [0.2, 0.25) is 0 Å². The number of methoxy groups -OCH3 is 1. The SMILES string of the molecule is COCC(=O)N1CCC(C(=O)N2CCNCC2)CC1. The van der Waals surface area contributed by atoms with E-state index < -0.39 is 0 Å². The van der Waals surface area contributed by atoms with Crippen molar-refractivity contribution in [1.29, 1.82) is 0 Å². The average molecular weight is 269 g/mol. The van der Waals surface area contributed by atoms with Crippen LogP contribution in [-0.2, 0) is 14.3 Å². The van der Waals surface area contributed by atoms with Gasteiger partial charge in [0.15, 0.2) is 0 Å². The predicted molar refractivity (Wildman–Crippen MR) is 70.6 cm³/mol. The first-order valence-electron chi connectivity index (χ1n) is 6.98. The fourth-order valence-electron chi connectivity index (χ4n) is 2.73. The zero-order valence-electron chi connectivity index (χ0n) is 11.6. The summed E-state index contributed by atoms with van der Waals surface area (Å²) in [7, 11) is 1.53. The molecule has 1 N–H and O–H groups in total. The highest BCUT2D eigenvalue weighted by Gasteiger charge is 2.30. The van der Waals surface area contributed by atoms with Crippen molar-refractivity contribution >= 4 is 11.8 Å². The fraction of sp³-hybridized carbons (Fsp3) is 0.846. The minimum atomic E-state index is 0.0237. The summed E-state index contributed by atoms with van der Waals surface area (Å²) in [5.41, 5.74) is 0. The van der Waals surface area contributed by atoms with Crippen LogP contribution in [0.1, 0.15) is 12.8 Å². The van der Waals surface area contributed by atoms with Crippen LogP contribution in [0.3, 0.4) is 0 Å². The Labute approximate surface area is 114 Å². The molecule has 0 unspecified atom stereocenters. The monoisotopic (exact) mass is 269 g/mol. The Balaban J connectivity index is 1.79. The van der Waals surface area contributed by atoms with Gasteiger partial charge in [-0.3, -0.25) is 9.59 Å². The summed E-state index contributed by atoms with van der Waals surface area (Å²) in [6.07, 6.45) is 1.55. The van der Waals surface area contributed by atoms with Crippen molar-refractivity contribution in [2.45, 2.75) is 12.8 Å². The molecule has 0 radical (unpaired) electrons. The first-order chi connectivity index (χ1) is 9.22. The second kappa shape index (κ2) is 6.86. The number of nitrogens with one attached hydrogen (secondary N) is 1. The van der Waals surface area contributed by atoms with E-state index in [2.05, 4.69) is 5.32 Å². The zero-order valence-corrected chi connectivity index (χ0v) is 11.6. The molecule has 0 saturated carbocycles. The molecule has 0 aromatic heterocycles. The number of nitrogens with zero attached hydrogens (tertiary/aromatic N) is 2. The molecule has 2 saturated heterocycles. The lowest BCUT2D eigenvalue weighted by Crippen LogP contribution is -2.50. The van der Waals surface area contributed by atoms with Crippen molar-refractivity contribution in [3.05, 3.63) is 0 Å². The van der Waals surface area contributed by atoms with Crippen LogP contribution < -0.4 is 5.32 Å². The first-order valence-corrected chi connectivity index (χ1v) is 6.98. The number of piperidine rings is 1. The Morgan fingerprint density at radius 1 is 1.11 bits per heavy atom. The maximum atomic E-state index is 12.3. The molecule has 108 valence electrons. The molecule has 19 heavy (non-hydrogen) atoms. The molecule has 2 rings (SSSR count). The number of piperazine rings is 1. The molecule has 2 fully saturated rings. The van der Waals surface area contributed by atoms with Crippen molar-refractivity contribution in [1.82, 2.24) is 15.1 Å². The molecular formula is C13H23N3O3. The molecule has 0 aromatic carbocycles. The summed E-state index contributed by atoms with van der Waals surface area (Å²) < 4.78 is 4.85. The minimum absolute atomic E-state index is 0.0237. The van der Waals surface area contributed by atoms with Gasteiger partial charge in [-0.25, -0.2) is 0 Å². The number of ether oxygens (including phenoxy) is 1. The number of amides is 2. The molecule has 2 aliphatic heterocycles. The van der Waals surface area contributed by atoms with Gasteiger partial charge >= 0.3 is 0 Å². The first kappa shape index (κ1) is 14.3. The highest BCUT2D eigenvalue weighted by molar-refractivity contribution is 5.80. The highest BCUT2D eigenvalue weighted by Crippen LogP contribution is 2.20. The van der Waals surface area contributed by atoms with Gasteiger partial charge in [0, 0.05) is 52.3 Å². The van der Waals surface area contributed by atoms with Crippen molar-refractivity contribution in [3.8, 4) is 0 Å². The summed E-state index contributed by atoms with van der Waals surface area (Å²) in [6, 6.07) is 0. The van der Waals surface area contributed by atoms with E-state index in [4.69, 9.17) is 4.74 Å². The van der Waals surface area contributed by atoms with Crippen LogP contribution in [0.5, 0.6) is 0 Å². The normalized spacial score (nSPS) is 21.5. The maximum absolute atomic E-state index is 12.3. The van der Waals surface area contributed by atoms with Gasteiger partial charge < -0.3 is 19.9 Å². The lowest BCUT2D eigenvalue weighted by Gasteiger charge is -2.35. The number of carbonyl (C=O) groups is 2. The number of likely N-dealkylation sites (tertiary alicyclic amines) is 1. The Hall–Kier alpha value is -1.14. The Kier molecular flexibility index (Phi) is 5.15. The van der Waals surface area contributed by atoms with Gasteiger partial charge in [0.05, 0.1) is 0 Å². The largest absolute Gasteiger partial charge is 0.375 e. The average Bonchev–Trinajstić information content (AvgIpc) is 2.48. The van der Waals surface area contributed by atoms with E-state index in [-0.39, 0.29) is 24.3 Å². The Morgan fingerprint density at radius 3 is 2.32 bits per heavy atom. The van der Waals surface area contributed by atoms with Crippen LogP contribution >= 0.6 is 0 Å². The van der Waals surface area contributed by atoms with Gasteiger partial charge in [-0.15, -0.1) is 0 Å². The summed E-state index contributed by atoms with van der Waals surface area (Å²) in [4.78, 5) is 27.7. The lowest BCUT2D eigenvalue weighted by molar-refractivity contribution is -0.142. The van der Waals surface area contributed by atoms with Crippen LogP contribution in [-0.4, -0.2) is 74.6 Å². The lowest BCUT2D eigenvalue weighted by atomic mass is 9.95. The second-order valence-electron chi connectivity index (χ2n) is 5.16. The van der Waals surface area contributed by atoms with E-state index in [1.807, 2.05) is 4.90 Å². The van der Waals surface area contributed by atoms with Gasteiger partial charge in [0.2, 0.25) is 11.8 Å². The summed E-state index contributed by atoms with van der Waals surface area (Å²) in [5.74, 6) is 0.376. The summed E-state index contributed by atoms with van der Waals surface area (Å²) in [6.45, 7) is 4.86. The predicted octanol–water partition coefficient (Wildman–Crippen LogP) is -0.697. The van der Waals surface area contributed by atoms with Crippen LogP contribution in [0.25, 0.3) is 0 Å². The van der Waals surface area contributed by atoms with Crippen molar-refractivity contribution in [2.24, 2.45) is 5.92 Å². The van der Waals surface area contributed by atoms with E-state index in [0.717, 1.165) is 39.0 Å². The van der Waals surface area contributed by atoms with E-state index in [9.17, 15) is 9.59 Å². The fourth-order valence-corrected chi connectivity index (χ4v) is 2.73. The molecule has 6 heteroatoms. The maximum Gasteiger partial charge on any atom is 0.248 e. The molecule has 0 atom stereocenters. The molecule has 0 bridgehead atoms. The van der Waals surface area contributed by atoms with Crippen LogP contribution in [0.4, 0.5) is 0 Å². The molecular weight excluding hydrogens is 246 g/mol. The highest BCUT2D eigenvalue weighted by atomic mass is 16.5. The molecule has 0 aliphatic carbocycles. The van der Waals surface area contributed by atoms with Crippen LogP contribution in [0, 0.1) is 5.92 Å². The van der Waals surface area contributed by atoms with Gasteiger partial charge in [-0.1, -0.05) is 0 Å². The van der Waals surface area contributed by atoms with Gasteiger partial charge in [0.1, 0.15) is 6.61 Å². The topological polar surface area (TPSA) is 61.9 Å². The molecule has 0 spiro atoms. The van der Waals surface area contributed by atoms with Gasteiger partial charge in [-0.05, 0) is 12.8 Å². The van der Waals surface area contributed by atoms with E-state index in [0.29, 0.717) is 13.1 Å². The number of carbonyl (C=O) groups excluding carboxylic acids is 2. The third-order valence-electron chi connectivity index (χ3n) is 3.89. The Bertz CT molecular complexity index is 321. The van der Waals surface area contributed by atoms with Gasteiger partial charge in [0.25, 0.3) is 0 Å². The van der Waals surface area contributed by atoms with Gasteiger partial charge in [-0.2, -0.15) is 0 Å². The van der Waals surface area contributed by atoms with Crippen molar-refractivity contribution in [3.63, 3.8) is 0 Å². The molecule has 2 amide bonds. The Morgan fingerprint density at radius 2 is 1.74 bits per heavy atom.